The molecule has 0 radical (unpaired) electrons. The van der Waals surface area contributed by atoms with Gasteiger partial charge in [0.05, 0.1) is 18.8 Å². The van der Waals surface area contributed by atoms with Gasteiger partial charge in [-0.3, -0.25) is 9.48 Å². The van der Waals surface area contributed by atoms with Crippen LogP contribution in [-0.2, 0) is 22.9 Å². The highest BCUT2D eigenvalue weighted by atomic mass is 32.1. The van der Waals surface area contributed by atoms with Gasteiger partial charge in [0.25, 0.3) is 5.91 Å². The van der Waals surface area contributed by atoms with Crippen LogP contribution in [0.5, 0.6) is 0 Å². The Hall–Kier alpha value is -2.68. The zero-order valence-corrected chi connectivity index (χ0v) is 16.6. The molecule has 0 bridgehead atoms. The minimum Gasteiger partial charge on any atom is -0.462 e. The fourth-order valence-electron chi connectivity index (χ4n) is 2.59. The van der Waals surface area contributed by atoms with E-state index in [1.54, 1.807) is 27.0 Å². The minimum absolute atomic E-state index is 0.185. The van der Waals surface area contributed by atoms with Gasteiger partial charge in [-0.2, -0.15) is 5.10 Å². The third-order valence-electron chi connectivity index (χ3n) is 3.73. The van der Waals surface area contributed by atoms with E-state index >= 15 is 0 Å². The first-order valence-corrected chi connectivity index (χ1v) is 9.55. The van der Waals surface area contributed by atoms with Crippen LogP contribution >= 0.6 is 11.3 Å². The molecule has 0 spiro atoms. The molecule has 0 unspecified atom stereocenters. The lowest BCUT2D eigenvalue weighted by atomic mass is 10.0. The number of rotatable bonds is 8. The molecule has 9 heteroatoms. The number of nitrogens with zero attached hydrogens (tertiary/aromatic N) is 2. The van der Waals surface area contributed by atoms with Crippen molar-refractivity contribution in [3.05, 3.63) is 34.0 Å². The third kappa shape index (κ3) is 4.54. The number of carbonyl (C=O) groups is 3. The van der Waals surface area contributed by atoms with E-state index < -0.39 is 17.8 Å². The summed E-state index contributed by atoms with van der Waals surface area (Å²) in [5.74, 6) is -1.52. The van der Waals surface area contributed by atoms with Gasteiger partial charge in [-0.1, -0.05) is 13.3 Å². The fourth-order valence-corrected chi connectivity index (χ4v) is 3.71. The van der Waals surface area contributed by atoms with Crippen molar-refractivity contribution in [3.63, 3.8) is 0 Å². The lowest BCUT2D eigenvalue weighted by Gasteiger charge is -2.08. The summed E-state index contributed by atoms with van der Waals surface area (Å²) >= 11 is 1.02. The van der Waals surface area contributed by atoms with Crippen LogP contribution in [0.4, 0.5) is 5.00 Å². The van der Waals surface area contributed by atoms with Crippen LogP contribution in [0.1, 0.15) is 63.3 Å². The van der Waals surface area contributed by atoms with Crippen molar-refractivity contribution in [2.75, 3.05) is 18.5 Å². The maximum absolute atomic E-state index is 12.6. The highest BCUT2D eigenvalue weighted by molar-refractivity contribution is 7.18. The molecule has 1 amide bonds. The molecule has 2 aromatic heterocycles. The third-order valence-corrected chi connectivity index (χ3v) is 4.86. The van der Waals surface area contributed by atoms with Crippen molar-refractivity contribution < 1.29 is 23.9 Å². The van der Waals surface area contributed by atoms with Gasteiger partial charge in [-0.05, 0) is 31.9 Å². The summed E-state index contributed by atoms with van der Waals surface area (Å²) in [6, 6.07) is 1.56. The van der Waals surface area contributed by atoms with E-state index in [2.05, 4.69) is 10.4 Å². The zero-order chi connectivity index (χ0) is 20.0. The number of aryl methyl sites for hydroxylation is 1. The summed E-state index contributed by atoms with van der Waals surface area (Å²) in [6.07, 6.45) is 2.70. The number of ether oxygens (including phenoxy) is 2. The Bertz CT molecular complexity index is 840. The second-order valence-corrected chi connectivity index (χ2v) is 6.62. The number of hydrogen-bond acceptors (Lipinski definition) is 7. The Labute approximate surface area is 161 Å². The van der Waals surface area contributed by atoms with Crippen LogP contribution in [-0.4, -0.2) is 40.8 Å². The van der Waals surface area contributed by atoms with Crippen LogP contribution in [0, 0.1) is 0 Å². The summed E-state index contributed by atoms with van der Waals surface area (Å²) in [7, 11) is 1.64. The molecule has 2 rings (SSSR count). The molecular weight excluding hydrogens is 370 g/mol. The zero-order valence-electron chi connectivity index (χ0n) is 15.8. The summed E-state index contributed by atoms with van der Waals surface area (Å²) in [6.45, 7) is 5.75. The first-order valence-electron chi connectivity index (χ1n) is 8.73. The van der Waals surface area contributed by atoms with Crippen LogP contribution in [0.25, 0.3) is 0 Å². The lowest BCUT2D eigenvalue weighted by Crippen LogP contribution is -2.18. The van der Waals surface area contributed by atoms with Gasteiger partial charge in [0, 0.05) is 13.2 Å². The van der Waals surface area contributed by atoms with Crippen molar-refractivity contribution >= 4 is 34.2 Å². The van der Waals surface area contributed by atoms with Gasteiger partial charge in [0.1, 0.15) is 15.6 Å². The monoisotopic (exact) mass is 393 g/mol. The Kier molecular flexibility index (Phi) is 7.12. The Morgan fingerprint density at radius 2 is 1.81 bits per heavy atom. The van der Waals surface area contributed by atoms with E-state index in [0.29, 0.717) is 29.0 Å². The van der Waals surface area contributed by atoms with Gasteiger partial charge in [-0.15, -0.1) is 11.3 Å². The van der Waals surface area contributed by atoms with E-state index in [9.17, 15) is 14.4 Å². The molecule has 0 atom stereocenters. The largest absolute Gasteiger partial charge is 0.462 e. The number of aromatic nitrogens is 2. The van der Waals surface area contributed by atoms with Gasteiger partial charge in [0.15, 0.2) is 0 Å². The molecule has 2 aromatic rings. The number of amides is 1. The summed E-state index contributed by atoms with van der Waals surface area (Å²) in [5, 5.41) is 6.95. The number of nitrogens with one attached hydrogen (secondary N) is 1. The average molecular weight is 393 g/mol. The Morgan fingerprint density at radius 1 is 1.15 bits per heavy atom. The van der Waals surface area contributed by atoms with Crippen molar-refractivity contribution in [2.45, 2.75) is 33.6 Å². The number of carbonyl (C=O) groups excluding carboxylic acids is 3. The molecule has 27 heavy (non-hydrogen) atoms. The van der Waals surface area contributed by atoms with E-state index in [4.69, 9.17) is 9.47 Å². The molecule has 0 aromatic carbocycles. The molecular formula is C18H23N3O5S. The maximum atomic E-state index is 12.6. The molecule has 0 aliphatic carbocycles. The van der Waals surface area contributed by atoms with Crippen molar-refractivity contribution in [2.24, 2.45) is 7.05 Å². The molecule has 0 aliphatic heterocycles. The minimum atomic E-state index is -0.576. The predicted octanol–water partition coefficient (Wildman–Crippen LogP) is 3.04. The van der Waals surface area contributed by atoms with E-state index in [-0.39, 0.29) is 23.8 Å². The first kappa shape index (κ1) is 20.6. The van der Waals surface area contributed by atoms with Crippen molar-refractivity contribution in [1.29, 1.82) is 0 Å². The Morgan fingerprint density at radius 3 is 2.37 bits per heavy atom. The molecule has 8 nitrogen and oxygen atoms in total. The topological polar surface area (TPSA) is 99.5 Å². The molecule has 0 aliphatic rings. The molecule has 0 fully saturated rings. The van der Waals surface area contributed by atoms with E-state index in [1.165, 1.54) is 10.9 Å². The lowest BCUT2D eigenvalue weighted by molar-refractivity contribution is 0.0527. The van der Waals surface area contributed by atoms with Crippen LogP contribution in [0.2, 0.25) is 0 Å². The van der Waals surface area contributed by atoms with Crippen LogP contribution in [0.3, 0.4) is 0 Å². The number of esters is 2. The maximum Gasteiger partial charge on any atom is 0.348 e. The Balaban J connectivity index is 2.51. The van der Waals surface area contributed by atoms with Crippen molar-refractivity contribution in [1.82, 2.24) is 9.78 Å². The van der Waals surface area contributed by atoms with Gasteiger partial charge >= 0.3 is 11.9 Å². The summed E-state index contributed by atoms with van der Waals surface area (Å²) < 4.78 is 11.7. The van der Waals surface area contributed by atoms with Crippen molar-refractivity contribution in [3.8, 4) is 0 Å². The standard InChI is InChI=1S/C18H23N3O5S/c1-5-8-11-13(17(23)25-6-2)16(27-14(11)18(24)26-7-3)20-15(22)12-9-10-19-21(12)4/h9-10H,5-8H2,1-4H3,(H,20,22). The first-order chi connectivity index (χ1) is 12.9. The second kappa shape index (κ2) is 9.31. The molecule has 1 N–H and O–H groups in total. The van der Waals surface area contributed by atoms with Gasteiger partial charge in [0.2, 0.25) is 0 Å². The second-order valence-electron chi connectivity index (χ2n) is 5.60. The molecule has 0 saturated carbocycles. The smallest absolute Gasteiger partial charge is 0.348 e. The molecule has 146 valence electrons. The predicted molar refractivity (Wildman–Crippen MR) is 101 cm³/mol. The van der Waals surface area contributed by atoms with E-state index in [0.717, 1.165) is 11.3 Å². The average Bonchev–Trinajstić information content (AvgIpc) is 3.19. The normalized spacial score (nSPS) is 10.5. The van der Waals surface area contributed by atoms with Gasteiger partial charge < -0.3 is 14.8 Å². The molecule has 0 saturated heterocycles. The van der Waals surface area contributed by atoms with Crippen LogP contribution in [0.15, 0.2) is 12.3 Å². The highest BCUT2D eigenvalue weighted by Gasteiger charge is 2.29. The molecule has 2 heterocycles. The number of anilines is 1. The number of hydrogen-bond donors (Lipinski definition) is 1. The summed E-state index contributed by atoms with van der Waals surface area (Å²) in [5.41, 5.74) is 1.08. The summed E-state index contributed by atoms with van der Waals surface area (Å²) in [4.78, 5) is 37.8. The SMILES string of the molecule is CCCc1c(C(=O)OCC)sc(NC(=O)c2ccnn2C)c1C(=O)OCC. The fraction of sp³-hybridized carbons (Fsp3) is 0.444. The number of thiophene rings is 1. The highest BCUT2D eigenvalue weighted by Crippen LogP contribution is 2.36. The quantitative estimate of drug-likeness (QED) is 0.692. The van der Waals surface area contributed by atoms with Gasteiger partial charge in [-0.25, -0.2) is 9.59 Å². The van der Waals surface area contributed by atoms with Crippen LogP contribution < -0.4 is 5.32 Å². The van der Waals surface area contributed by atoms with E-state index in [1.807, 2.05) is 6.92 Å².